The Balaban J connectivity index is 1.68. The van der Waals surface area contributed by atoms with Gasteiger partial charge in [-0.05, 0) is 44.4 Å². The summed E-state index contributed by atoms with van der Waals surface area (Å²) in [5, 5.41) is 0. The number of hydrogen-bond acceptors (Lipinski definition) is 4. The lowest BCUT2D eigenvalue weighted by molar-refractivity contribution is -0.154. The van der Waals surface area contributed by atoms with Crippen LogP contribution < -0.4 is 4.74 Å². The number of hydrogen-bond donors (Lipinski definition) is 0. The normalized spacial score (nSPS) is 29.5. The summed E-state index contributed by atoms with van der Waals surface area (Å²) in [5.41, 5.74) is -1.46. The van der Waals surface area contributed by atoms with Gasteiger partial charge in [0.05, 0.1) is 5.41 Å². The summed E-state index contributed by atoms with van der Waals surface area (Å²) < 4.78 is 6.50. The largest absolute Gasteiger partial charge is 0.425 e. The molecule has 0 bridgehead atoms. The number of piperidine rings is 1. The first-order chi connectivity index (χ1) is 14.4. The van der Waals surface area contributed by atoms with Crippen molar-refractivity contribution in [2.45, 2.75) is 32.1 Å². The van der Waals surface area contributed by atoms with Gasteiger partial charge in [-0.15, -0.1) is 0 Å². The number of benzene rings is 2. The Morgan fingerprint density at radius 1 is 1.07 bits per heavy atom. The Morgan fingerprint density at radius 3 is 2.47 bits per heavy atom. The minimum absolute atomic E-state index is 0.191. The number of likely N-dealkylation sites (tertiary alicyclic amines) is 1. The van der Waals surface area contributed by atoms with Gasteiger partial charge in [0.1, 0.15) is 5.75 Å². The molecule has 3 atom stereocenters. The van der Waals surface area contributed by atoms with Gasteiger partial charge in [0.2, 0.25) is 5.91 Å². The molecule has 30 heavy (non-hydrogen) atoms. The zero-order valence-electron chi connectivity index (χ0n) is 16.7. The zero-order chi connectivity index (χ0) is 21.1. The summed E-state index contributed by atoms with van der Waals surface area (Å²) >= 11 is 3.48. The van der Waals surface area contributed by atoms with Crippen LogP contribution in [0.1, 0.15) is 48.0 Å². The molecule has 1 saturated heterocycles. The van der Waals surface area contributed by atoms with E-state index in [2.05, 4.69) is 15.9 Å². The molecule has 2 aliphatic heterocycles. The van der Waals surface area contributed by atoms with Crippen LogP contribution in [0.3, 0.4) is 0 Å². The Morgan fingerprint density at radius 2 is 1.77 bits per heavy atom. The van der Waals surface area contributed by atoms with Crippen LogP contribution in [0.25, 0.3) is 0 Å². The molecule has 2 aromatic carbocycles. The second kappa shape index (κ2) is 6.77. The van der Waals surface area contributed by atoms with Crippen molar-refractivity contribution in [1.29, 1.82) is 0 Å². The van der Waals surface area contributed by atoms with Crippen molar-refractivity contribution in [1.82, 2.24) is 4.90 Å². The summed E-state index contributed by atoms with van der Waals surface area (Å²) in [7, 11) is 0. The second-order valence-electron chi connectivity index (χ2n) is 8.56. The van der Waals surface area contributed by atoms with Gasteiger partial charge in [0, 0.05) is 34.6 Å². The van der Waals surface area contributed by atoms with Crippen molar-refractivity contribution in [3.63, 3.8) is 0 Å². The molecule has 0 aromatic heterocycles. The average Bonchev–Trinajstić information content (AvgIpc) is 3.37. The quantitative estimate of drug-likeness (QED) is 0.291. The highest BCUT2D eigenvalue weighted by Crippen LogP contribution is 2.78. The van der Waals surface area contributed by atoms with Crippen LogP contribution in [0.15, 0.2) is 53.0 Å². The molecular weight excluding hydrogens is 446 g/mol. The Hall–Kier alpha value is -2.47. The maximum atomic E-state index is 13.8. The number of amides is 1. The molecule has 2 heterocycles. The first kappa shape index (κ1) is 19.5. The molecule has 2 aromatic rings. The summed E-state index contributed by atoms with van der Waals surface area (Å²) in [6, 6.07) is 14.3. The molecular formula is C24H22BrNO4. The second-order valence-corrected chi connectivity index (χ2v) is 9.48. The predicted molar refractivity (Wildman–Crippen MR) is 114 cm³/mol. The van der Waals surface area contributed by atoms with Crippen LogP contribution in [0.5, 0.6) is 5.75 Å². The predicted octanol–water partition coefficient (Wildman–Crippen LogP) is 4.35. The summed E-state index contributed by atoms with van der Waals surface area (Å²) in [6.45, 7) is 2.98. The smallest absolute Gasteiger partial charge is 0.328 e. The monoisotopic (exact) mass is 467 g/mol. The number of ether oxygens (including phenoxy) is 1. The van der Waals surface area contributed by atoms with Gasteiger partial charge in [-0.3, -0.25) is 14.4 Å². The van der Waals surface area contributed by atoms with Crippen LogP contribution in [0, 0.1) is 10.8 Å². The molecule has 1 aliphatic carbocycles. The van der Waals surface area contributed by atoms with E-state index in [4.69, 9.17) is 4.74 Å². The number of carbonyl (C=O) groups excluding carboxylic acids is 3. The van der Waals surface area contributed by atoms with E-state index in [0.717, 1.165) is 29.3 Å². The van der Waals surface area contributed by atoms with Gasteiger partial charge in [-0.25, -0.2) is 0 Å². The average molecular weight is 468 g/mol. The maximum absolute atomic E-state index is 13.8. The van der Waals surface area contributed by atoms with E-state index in [1.165, 1.54) is 0 Å². The van der Waals surface area contributed by atoms with Crippen molar-refractivity contribution < 1.29 is 19.1 Å². The molecule has 0 unspecified atom stereocenters. The van der Waals surface area contributed by atoms with Crippen molar-refractivity contribution in [3.8, 4) is 5.75 Å². The number of Topliss-reactive ketones (excluding diaryl/α,β-unsaturated/α-hetero) is 1. The van der Waals surface area contributed by atoms with E-state index >= 15 is 0 Å². The van der Waals surface area contributed by atoms with Crippen LogP contribution in [0.2, 0.25) is 0 Å². The standard InChI is InChI=1S/C24H22BrNO4/c1-23(20(27)15-8-4-2-5-9-15)19-17-14-16(25)10-11-18(17)30-22(29)24(19,23)21(28)26-12-6-3-7-13-26/h2,4-5,8-11,14,19H,3,6-7,12-13H2,1H3/t19-,23+,24-/m0/s1. The number of rotatable bonds is 3. The first-order valence-corrected chi connectivity index (χ1v) is 11.1. The highest BCUT2D eigenvalue weighted by atomic mass is 79.9. The fourth-order valence-electron chi connectivity index (χ4n) is 5.49. The fraction of sp³-hybridized carbons (Fsp3) is 0.375. The number of nitrogens with zero attached hydrogens (tertiary/aromatic N) is 1. The molecule has 154 valence electrons. The first-order valence-electron chi connectivity index (χ1n) is 10.3. The van der Waals surface area contributed by atoms with Gasteiger partial charge in [-0.2, -0.15) is 0 Å². The number of fused-ring (bicyclic) bond motifs is 3. The molecule has 0 radical (unpaired) electrons. The lowest BCUT2D eigenvalue weighted by Gasteiger charge is -2.32. The Kier molecular flexibility index (Phi) is 4.40. The summed E-state index contributed by atoms with van der Waals surface area (Å²) in [6.07, 6.45) is 2.89. The van der Waals surface area contributed by atoms with Crippen LogP contribution in [-0.4, -0.2) is 35.6 Å². The van der Waals surface area contributed by atoms with Gasteiger partial charge < -0.3 is 9.64 Å². The molecule has 0 N–H and O–H groups in total. The van der Waals surface area contributed by atoms with Crippen molar-refractivity contribution in [2.24, 2.45) is 10.8 Å². The molecule has 5 rings (SSSR count). The van der Waals surface area contributed by atoms with E-state index in [9.17, 15) is 14.4 Å². The van der Waals surface area contributed by atoms with Crippen molar-refractivity contribution >= 4 is 33.6 Å². The molecule has 6 heteroatoms. The van der Waals surface area contributed by atoms with Crippen LogP contribution >= 0.6 is 15.9 Å². The maximum Gasteiger partial charge on any atom is 0.328 e. The third-order valence-corrected chi connectivity index (χ3v) is 7.54. The molecule has 3 aliphatic rings. The SMILES string of the molecule is C[C@]1(C(=O)c2ccccc2)[C@@H]2c3cc(Br)ccc3OC(=O)[C@@]21C(=O)N1CCCCC1. The molecule has 5 nitrogen and oxygen atoms in total. The van der Waals surface area contributed by atoms with E-state index in [1.807, 2.05) is 12.1 Å². The lowest BCUT2D eigenvalue weighted by Crippen LogP contribution is -2.49. The van der Waals surface area contributed by atoms with Crippen molar-refractivity contribution in [3.05, 3.63) is 64.1 Å². The van der Waals surface area contributed by atoms with E-state index in [-0.39, 0.29) is 11.7 Å². The van der Waals surface area contributed by atoms with Gasteiger partial charge >= 0.3 is 5.97 Å². The minimum Gasteiger partial charge on any atom is -0.425 e. The van der Waals surface area contributed by atoms with Crippen molar-refractivity contribution in [2.75, 3.05) is 13.1 Å². The molecule has 2 fully saturated rings. The number of esters is 1. The van der Waals surface area contributed by atoms with E-state index in [1.54, 1.807) is 48.2 Å². The molecule has 1 amide bonds. The highest BCUT2D eigenvalue weighted by molar-refractivity contribution is 9.10. The third kappa shape index (κ3) is 2.43. The zero-order valence-corrected chi connectivity index (χ0v) is 18.3. The van der Waals surface area contributed by atoms with Crippen LogP contribution in [-0.2, 0) is 9.59 Å². The number of halogens is 1. The van der Waals surface area contributed by atoms with E-state index in [0.29, 0.717) is 24.4 Å². The number of carbonyl (C=O) groups is 3. The van der Waals surface area contributed by atoms with Crippen LogP contribution in [0.4, 0.5) is 0 Å². The van der Waals surface area contributed by atoms with Gasteiger partial charge in [0.25, 0.3) is 0 Å². The minimum atomic E-state index is -1.51. The van der Waals surface area contributed by atoms with Gasteiger partial charge in [-0.1, -0.05) is 46.3 Å². The highest BCUT2D eigenvalue weighted by Gasteiger charge is 2.88. The molecule has 0 spiro atoms. The molecule has 1 saturated carbocycles. The third-order valence-electron chi connectivity index (χ3n) is 7.04. The Bertz CT molecular complexity index is 1060. The summed E-state index contributed by atoms with van der Waals surface area (Å²) in [4.78, 5) is 42.7. The Labute approximate surface area is 183 Å². The number of ketones is 1. The summed E-state index contributed by atoms with van der Waals surface area (Å²) in [5.74, 6) is -1.18. The van der Waals surface area contributed by atoms with Gasteiger partial charge in [0.15, 0.2) is 11.2 Å². The fourth-order valence-corrected chi connectivity index (χ4v) is 5.87. The topological polar surface area (TPSA) is 63.7 Å². The lowest BCUT2D eigenvalue weighted by atomic mass is 9.85. The van der Waals surface area contributed by atoms with E-state index < -0.39 is 22.7 Å².